The zero-order valence-electron chi connectivity index (χ0n) is 9.42. The smallest absolute Gasteiger partial charge is 0.339 e. The third-order valence-electron chi connectivity index (χ3n) is 2.10. The molecule has 0 aliphatic heterocycles. The molecule has 0 aliphatic carbocycles. The molecule has 18 heavy (non-hydrogen) atoms. The van der Waals surface area contributed by atoms with Gasteiger partial charge in [-0.3, -0.25) is 10.1 Å². The molecule has 0 radical (unpaired) electrons. The maximum Gasteiger partial charge on any atom is 0.339 e. The summed E-state index contributed by atoms with van der Waals surface area (Å²) in [5.41, 5.74) is -0.591. The number of aromatic nitrogens is 1. The van der Waals surface area contributed by atoms with Gasteiger partial charge in [0.2, 0.25) is 0 Å². The highest BCUT2D eigenvalue weighted by molar-refractivity contribution is 5.93. The van der Waals surface area contributed by atoms with Gasteiger partial charge in [0.15, 0.2) is 0 Å². The second kappa shape index (κ2) is 6.20. The number of terminal acetylenes is 1. The Bertz CT molecular complexity index is 508. The molecule has 1 aromatic heterocycles. The first kappa shape index (κ1) is 13.4. The Morgan fingerprint density at radius 3 is 2.94 bits per heavy atom. The maximum absolute atomic E-state index is 11.0. The standard InChI is InChI=1S/C11H11N3O4/c1-2-3-4-5-12-10-9(11(15)16)6-8(7-13-10)14(17)18/h1,6-7H,3-5H2,(H,12,13)(H,15,16). The van der Waals surface area contributed by atoms with E-state index in [1.54, 1.807) is 0 Å². The lowest BCUT2D eigenvalue weighted by Gasteiger charge is -2.07. The van der Waals surface area contributed by atoms with E-state index in [9.17, 15) is 14.9 Å². The molecule has 1 rings (SSSR count). The fourth-order valence-electron chi connectivity index (χ4n) is 1.25. The quantitative estimate of drug-likeness (QED) is 0.342. The molecule has 1 aromatic rings. The van der Waals surface area contributed by atoms with Crippen LogP contribution in [0.4, 0.5) is 11.5 Å². The molecular formula is C11H11N3O4. The van der Waals surface area contributed by atoms with Crippen molar-refractivity contribution in [2.45, 2.75) is 12.8 Å². The van der Waals surface area contributed by atoms with Gasteiger partial charge in [0, 0.05) is 19.0 Å². The van der Waals surface area contributed by atoms with Crippen LogP contribution in [-0.2, 0) is 0 Å². The van der Waals surface area contributed by atoms with Gasteiger partial charge in [-0.25, -0.2) is 9.78 Å². The first-order chi connectivity index (χ1) is 8.56. The van der Waals surface area contributed by atoms with Crippen LogP contribution in [0.3, 0.4) is 0 Å². The lowest BCUT2D eigenvalue weighted by molar-refractivity contribution is -0.385. The van der Waals surface area contributed by atoms with Crippen molar-refractivity contribution < 1.29 is 14.8 Å². The van der Waals surface area contributed by atoms with E-state index in [4.69, 9.17) is 11.5 Å². The second-order valence-electron chi connectivity index (χ2n) is 3.39. The van der Waals surface area contributed by atoms with E-state index in [1.165, 1.54) is 0 Å². The van der Waals surface area contributed by atoms with Crippen molar-refractivity contribution in [3.05, 3.63) is 27.9 Å². The molecule has 0 amide bonds. The lowest BCUT2D eigenvalue weighted by atomic mass is 10.2. The monoisotopic (exact) mass is 249 g/mol. The average molecular weight is 249 g/mol. The number of anilines is 1. The van der Waals surface area contributed by atoms with Gasteiger partial charge in [-0.1, -0.05) is 0 Å². The summed E-state index contributed by atoms with van der Waals surface area (Å²) < 4.78 is 0. The predicted molar refractivity (Wildman–Crippen MR) is 64.4 cm³/mol. The van der Waals surface area contributed by atoms with E-state index < -0.39 is 10.9 Å². The van der Waals surface area contributed by atoms with E-state index in [-0.39, 0.29) is 17.1 Å². The molecule has 0 spiro atoms. The second-order valence-corrected chi connectivity index (χ2v) is 3.39. The Labute approximate surface area is 103 Å². The van der Waals surface area contributed by atoms with Crippen LogP contribution in [0.5, 0.6) is 0 Å². The molecule has 7 heteroatoms. The highest BCUT2D eigenvalue weighted by Gasteiger charge is 2.16. The number of unbranched alkanes of at least 4 members (excludes halogenated alkanes) is 1. The van der Waals surface area contributed by atoms with E-state index in [2.05, 4.69) is 16.2 Å². The van der Waals surface area contributed by atoms with Crippen LogP contribution in [0.15, 0.2) is 12.3 Å². The summed E-state index contributed by atoms with van der Waals surface area (Å²) in [5.74, 6) is 1.28. The number of nitrogens with zero attached hydrogens (tertiary/aromatic N) is 2. The number of nitrogens with one attached hydrogen (secondary N) is 1. The lowest BCUT2D eigenvalue weighted by Crippen LogP contribution is -2.10. The number of hydrogen-bond donors (Lipinski definition) is 2. The van der Waals surface area contributed by atoms with E-state index in [0.29, 0.717) is 19.4 Å². The Morgan fingerprint density at radius 1 is 1.67 bits per heavy atom. The summed E-state index contributed by atoms with van der Waals surface area (Å²) in [4.78, 5) is 24.5. The van der Waals surface area contributed by atoms with Crippen molar-refractivity contribution >= 4 is 17.5 Å². The Balaban J connectivity index is 2.87. The summed E-state index contributed by atoms with van der Waals surface area (Å²) in [6.07, 6.45) is 7.31. The minimum atomic E-state index is -1.27. The van der Waals surface area contributed by atoms with Gasteiger partial charge in [0.25, 0.3) is 5.69 Å². The molecule has 0 bridgehead atoms. The summed E-state index contributed by atoms with van der Waals surface area (Å²) in [6.45, 7) is 0.454. The molecule has 0 saturated heterocycles. The number of nitro groups is 1. The number of pyridine rings is 1. The Morgan fingerprint density at radius 2 is 2.39 bits per heavy atom. The fraction of sp³-hybridized carbons (Fsp3) is 0.273. The van der Waals surface area contributed by atoms with Gasteiger partial charge in [0.1, 0.15) is 17.6 Å². The van der Waals surface area contributed by atoms with Gasteiger partial charge in [-0.05, 0) is 6.42 Å². The molecule has 0 aromatic carbocycles. The van der Waals surface area contributed by atoms with Crippen LogP contribution in [0.25, 0.3) is 0 Å². The Hall–Kier alpha value is -2.62. The van der Waals surface area contributed by atoms with Crippen molar-refractivity contribution in [3.63, 3.8) is 0 Å². The number of hydrogen-bond acceptors (Lipinski definition) is 5. The normalized spacial score (nSPS) is 9.50. The zero-order valence-corrected chi connectivity index (χ0v) is 9.42. The minimum absolute atomic E-state index is 0.102. The van der Waals surface area contributed by atoms with Crippen LogP contribution >= 0.6 is 0 Å². The van der Waals surface area contributed by atoms with E-state index in [1.807, 2.05) is 0 Å². The molecule has 0 aliphatic rings. The summed E-state index contributed by atoms with van der Waals surface area (Å²) >= 11 is 0. The third kappa shape index (κ3) is 3.45. The predicted octanol–water partition coefficient (Wildman–Crippen LogP) is 1.51. The molecule has 0 atom stereocenters. The largest absolute Gasteiger partial charge is 0.478 e. The van der Waals surface area contributed by atoms with Crippen molar-refractivity contribution in [1.29, 1.82) is 0 Å². The number of carboxylic acid groups (broad SMARTS) is 1. The summed E-state index contributed by atoms with van der Waals surface area (Å²) in [5, 5.41) is 22.2. The number of carboxylic acids is 1. The van der Waals surface area contributed by atoms with Gasteiger partial charge >= 0.3 is 5.97 Å². The fourth-order valence-corrected chi connectivity index (χ4v) is 1.25. The molecule has 2 N–H and O–H groups in total. The third-order valence-corrected chi connectivity index (χ3v) is 2.10. The van der Waals surface area contributed by atoms with Crippen LogP contribution in [0.2, 0.25) is 0 Å². The average Bonchev–Trinajstić information content (AvgIpc) is 2.34. The highest BCUT2D eigenvalue weighted by Crippen LogP contribution is 2.19. The molecule has 0 saturated carbocycles. The molecule has 0 fully saturated rings. The summed E-state index contributed by atoms with van der Waals surface area (Å²) in [7, 11) is 0. The van der Waals surface area contributed by atoms with Crippen LogP contribution < -0.4 is 5.32 Å². The van der Waals surface area contributed by atoms with Crippen LogP contribution in [0.1, 0.15) is 23.2 Å². The van der Waals surface area contributed by atoms with Gasteiger partial charge < -0.3 is 10.4 Å². The van der Waals surface area contributed by atoms with Gasteiger partial charge in [0.05, 0.1) is 4.92 Å². The highest BCUT2D eigenvalue weighted by atomic mass is 16.6. The zero-order chi connectivity index (χ0) is 13.5. The first-order valence-corrected chi connectivity index (χ1v) is 5.11. The molecule has 0 unspecified atom stereocenters. The van der Waals surface area contributed by atoms with Crippen LogP contribution in [0, 0.1) is 22.5 Å². The van der Waals surface area contributed by atoms with Crippen molar-refractivity contribution in [1.82, 2.24) is 4.98 Å². The molecule has 7 nitrogen and oxygen atoms in total. The minimum Gasteiger partial charge on any atom is -0.478 e. The molecule has 94 valence electrons. The molecule has 1 heterocycles. The maximum atomic E-state index is 11.0. The van der Waals surface area contributed by atoms with E-state index >= 15 is 0 Å². The van der Waals surface area contributed by atoms with Crippen molar-refractivity contribution in [3.8, 4) is 12.3 Å². The van der Waals surface area contributed by atoms with Gasteiger partial charge in [-0.2, -0.15) is 0 Å². The number of aromatic carboxylic acids is 1. The topological polar surface area (TPSA) is 105 Å². The molecular weight excluding hydrogens is 238 g/mol. The number of carbonyl (C=O) groups is 1. The van der Waals surface area contributed by atoms with E-state index in [0.717, 1.165) is 12.3 Å². The van der Waals surface area contributed by atoms with Gasteiger partial charge in [-0.15, -0.1) is 12.3 Å². The van der Waals surface area contributed by atoms with Crippen molar-refractivity contribution in [2.75, 3.05) is 11.9 Å². The van der Waals surface area contributed by atoms with Crippen molar-refractivity contribution in [2.24, 2.45) is 0 Å². The first-order valence-electron chi connectivity index (χ1n) is 5.11. The SMILES string of the molecule is C#CCCCNc1ncc([N+](=O)[O-])cc1C(=O)O. The van der Waals surface area contributed by atoms with Crippen LogP contribution in [-0.4, -0.2) is 27.5 Å². The Kier molecular flexibility index (Phi) is 4.63. The number of rotatable bonds is 6. The summed E-state index contributed by atoms with van der Waals surface area (Å²) in [6, 6.07) is 0.971.